The number of rotatable bonds is 2. The molecule has 1 aliphatic rings. The van der Waals surface area contributed by atoms with Gasteiger partial charge in [0.15, 0.2) is 5.84 Å². The molecule has 0 spiro atoms. The topological polar surface area (TPSA) is 57.5 Å². The van der Waals surface area contributed by atoms with E-state index in [1.807, 2.05) is 48.3 Å². The molecular formula is C11H12N6. The van der Waals surface area contributed by atoms with E-state index in [9.17, 15) is 0 Å². The highest BCUT2D eigenvalue weighted by Gasteiger charge is 2.16. The molecule has 0 radical (unpaired) electrons. The van der Waals surface area contributed by atoms with Gasteiger partial charge in [-0.3, -0.25) is 5.01 Å². The summed E-state index contributed by atoms with van der Waals surface area (Å²) in [5, 5.41) is 10.2. The minimum atomic E-state index is 0.812. The molecule has 0 saturated carbocycles. The molecule has 2 aromatic rings. The molecular weight excluding hydrogens is 216 g/mol. The quantitative estimate of drug-likeness (QED) is 0.785. The maximum atomic E-state index is 4.32. The predicted molar refractivity (Wildman–Crippen MR) is 64.1 cm³/mol. The van der Waals surface area contributed by atoms with E-state index in [-0.39, 0.29) is 0 Å². The molecule has 2 N–H and O–H groups in total. The summed E-state index contributed by atoms with van der Waals surface area (Å²) in [6, 6.07) is 9.97. The summed E-state index contributed by atoms with van der Waals surface area (Å²) in [5.74, 6) is 0.812. The first-order chi connectivity index (χ1) is 8.34. The van der Waals surface area contributed by atoms with Gasteiger partial charge in [-0.15, -0.1) is 10.6 Å². The van der Waals surface area contributed by atoms with Crippen LogP contribution >= 0.6 is 0 Å². The van der Waals surface area contributed by atoms with Gasteiger partial charge in [0.1, 0.15) is 0 Å². The van der Waals surface area contributed by atoms with E-state index in [0.717, 1.165) is 17.1 Å². The van der Waals surface area contributed by atoms with Gasteiger partial charge < -0.3 is 0 Å². The van der Waals surface area contributed by atoms with Gasteiger partial charge in [-0.1, -0.05) is 18.2 Å². The summed E-state index contributed by atoms with van der Waals surface area (Å²) < 4.78 is 1.82. The van der Waals surface area contributed by atoms with Gasteiger partial charge in [0, 0.05) is 13.2 Å². The molecule has 0 bridgehead atoms. The second-order valence-electron chi connectivity index (χ2n) is 3.73. The van der Waals surface area contributed by atoms with Gasteiger partial charge in [0.05, 0.1) is 17.4 Å². The molecule has 0 aliphatic carbocycles. The van der Waals surface area contributed by atoms with E-state index in [4.69, 9.17) is 0 Å². The van der Waals surface area contributed by atoms with Crippen LogP contribution in [0.4, 0.5) is 0 Å². The zero-order valence-corrected chi connectivity index (χ0v) is 9.33. The Morgan fingerprint density at radius 3 is 2.71 bits per heavy atom. The van der Waals surface area contributed by atoms with E-state index >= 15 is 0 Å². The Kier molecular flexibility index (Phi) is 2.27. The fourth-order valence-electron chi connectivity index (χ4n) is 1.70. The highest BCUT2D eigenvalue weighted by atomic mass is 15.8. The lowest BCUT2D eigenvalue weighted by atomic mass is 10.3. The van der Waals surface area contributed by atoms with Crippen molar-refractivity contribution in [2.75, 3.05) is 7.05 Å². The number of hydrazone groups is 1. The summed E-state index contributed by atoms with van der Waals surface area (Å²) in [5.41, 5.74) is 7.54. The largest absolute Gasteiger partial charge is 0.274 e. The average Bonchev–Trinajstić information content (AvgIpc) is 2.98. The van der Waals surface area contributed by atoms with Crippen molar-refractivity contribution < 1.29 is 0 Å². The Labute approximate surface area is 98.5 Å². The van der Waals surface area contributed by atoms with Crippen molar-refractivity contribution in [1.82, 2.24) is 25.9 Å². The SMILES string of the molecule is CN1NNN=C1c1cnn(-c2ccccc2)c1. The zero-order chi connectivity index (χ0) is 11.7. The van der Waals surface area contributed by atoms with Crippen LogP contribution in [0.15, 0.2) is 47.8 Å². The molecule has 0 saturated heterocycles. The maximum absolute atomic E-state index is 4.32. The van der Waals surface area contributed by atoms with Gasteiger partial charge in [-0.2, -0.15) is 5.10 Å². The molecule has 1 aliphatic heterocycles. The lowest BCUT2D eigenvalue weighted by Gasteiger charge is -2.09. The standard InChI is InChI=1S/C11H12N6/c1-16-11(13-14-15-16)9-7-12-17(8-9)10-5-3-2-4-6-10/h2-8,14-15H,1H3. The summed E-state index contributed by atoms with van der Waals surface area (Å²) >= 11 is 0. The number of amidine groups is 1. The number of benzene rings is 1. The van der Waals surface area contributed by atoms with Crippen molar-refractivity contribution in [2.24, 2.45) is 5.10 Å². The van der Waals surface area contributed by atoms with E-state index in [0.29, 0.717) is 0 Å². The molecule has 6 nitrogen and oxygen atoms in total. The van der Waals surface area contributed by atoms with Crippen molar-refractivity contribution in [1.29, 1.82) is 0 Å². The Morgan fingerprint density at radius 2 is 2.00 bits per heavy atom. The van der Waals surface area contributed by atoms with Crippen LogP contribution in [0.1, 0.15) is 5.56 Å². The summed E-state index contributed by atoms with van der Waals surface area (Å²) in [6.07, 6.45) is 3.73. The van der Waals surface area contributed by atoms with Gasteiger partial charge in [-0.05, 0) is 12.1 Å². The number of hydrogen-bond donors (Lipinski definition) is 2. The monoisotopic (exact) mass is 228 g/mol. The molecule has 1 aromatic carbocycles. The summed E-state index contributed by atoms with van der Waals surface area (Å²) in [4.78, 5) is 0. The van der Waals surface area contributed by atoms with Crippen LogP contribution in [-0.4, -0.2) is 27.7 Å². The number of para-hydroxylation sites is 1. The van der Waals surface area contributed by atoms with Crippen LogP contribution in [0.2, 0.25) is 0 Å². The average molecular weight is 228 g/mol. The Hall–Kier alpha value is -2.34. The van der Waals surface area contributed by atoms with E-state index in [1.54, 1.807) is 11.2 Å². The van der Waals surface area contributed by atoms with Gasteiger partial charge in [0.25, 0.3) is 0 Å². The molecule has 6 heteroatoms. The zero-order valence-electron chi connectivity index (χ0n) is 9.33. The Bertz CT molecular complexity index is 544. The molecule has 2 heterocycles. The van der Waals surface area contributed by atoms with Crippen molar-refractivity contribution in [3.8, 4) is 5.69 Å². The molecule has 3 rings (SSSR count). The molecule has 86 valence electrons. The molecule has 0 unspecified atom stereocenters. The minimum absolute atomic E-state index is 0.812. The first kappa shape index (κ1) is 9.86. The molecule has 0 fully saturated rings. The first-order valence-electron chi connectivity index (χ1n) is 5.27. The second kappa shape index (κ2) is 3.91. The molecule has 1 aromatic heterocycles. The van der Waals surface area contributed by atoms with Crippen LogP contribution in [0.5, 0.6) is 0 Å². The third-order valence-corrected chi connectivity index (χ3v) is 2.56. The van der Waals surface area contributed by atoms with Crippen LogP contribution in [0, 0.1) is 0 Å². The molecule has 0 atom stereocenters. The van der Waals surface area contributed by atoms with Crippen LogP contribution < -0.4 is 11.1 Å². The number of hydrogen-bond acceptors (Lipinski definition) is 5. The summed E-state index contributed by atoms with van der Waals surface area (Å²) in [7, 11) is 1.89. The van der Waals surface area contributed by atoms with Crippen LogP contribution in [0.25, 0.3) is 5.69 Å². The number of nitrogens with one attached hydrogen (secondary N) is 2. The van der Waals surface area contributed by atoms with Crippen LogP contribution in [0.3, 0.4) is 0 Å². The van der Waals surface area contributed by atoms with E-state index in [1.165, 1.54) is 0 Å². The first-order valence-corrected chi connectivity index (χ1v) is 5.27. The van der Waals surface area contributed by atoms with Gasteiger partial charge >= 0.3 is 0 Å². The highest BCUT2D eigenvalue weighted by molar-refractivity contribution is 5.98. The molecule has 0 amide bonds. The third-order valence-electron chi connectivity index (χ3n) is 2.56. The smallest absolute Gasteiger partial charge is 0.175 e. The maximum Gasteiger partial charge on any atom is 0.175 e. The normalized spacial score (nSPS) is 14.6. The van der Waals surface area contributed by atoms with Gasteiger partial charge in [0.2, 0.25) is 0 Å². The summed E-state index contributed by atoms with van der Waals surface area (Å²) in [6.45, 7) is 0. The van der Waals surface area contributed by atoms with E-state index < -0.39 is 0 Å². The Balaban J connectivity index is 1.94. The lowest BCUT2D eigenvalue weighted by Crippen LogP contribution is -2.37. The van der Waals surface area contributed by atoms with E-state index in [2.05, 4.69) is 21.3 Å². The van der Waals surface area contributed by atoms with Crippen molar-refractivity contribution in [2.45, 2.75) is 0 Å². The lowest BCUT2D eigenvalue weighted by molar-refractivity contribution is 0.349. The molecule has 17 heavy (non-hydrogen) atoms. The minimum Gasteiger partial charge on any atom is -0.274 e. The second-order valence-corrected chi connectivity index (χ2v) is 3.73. The third kappa shape index (κ3) is 1.74. The highest BCUT2D eigenvalue weighted by Crippen LogP contribution is 2.09. The van der Waals surface area contributed by atoms with Crippen molar-refractivity contribution in [3.05, 3.63) is 48.3 Å². The van der Waals surface area contributed by atoms with Crippen molar-refractivity contribution >= 4 is 5.84 Å². The Morgan fingerprint density at radius 1 is 1.18 bits per heavy atom. The fourth-order valence-corrected chi connectivity index (χ4v) is 1.70. The van der Waals surface area contributed by atoms with Gasteiger partial charge in [-0.25, -0.2) is 10.2 Å². The predicted octanol–water partition coefficient (Wildman–Crippen LogP) is 0.488. The van der Waals surface area contributed by atoms with Crippen LogP contribution in [-0.2, 0) is 0 Å². The number of nitrogens with zero attached hydrogens (tertiary/aromatic N) is 4. The number of hydrazine groups is 2. The number of aromatic nitrogens is 2. The fraction of sp³-hybridized carbons (Fsp3) is 0.0909. The van der Waals surface area contributed by atoms with Crippen molar-refractivity contribution in [3.63, 3.8) is 0 Å².